The van der Waals surface area contributed by atoms with Gasteiger partial charge in [0.15, 0.2) is 0 Å². The molecule has 0 saturated carbocycles. The summed E-state index contributed by atoms with van der Waals surface area (Å²) >= 11 is 0. The maximum absolute atomic E-state index is 10.1. The van der Waals surface area contributed by atoms with Crippen LogP contribution in [0.5, 0.6) is 0 Å². The third-order valence-electron chi connectivity index (χ3n) is 3.63. The lowest BCUT2D eigenvalue weighted by Gasteiger charge is -2.38. The molecule has 0 aliphatic heterocycles. The minimum Gasteiger partial charge on any atom is -0.389 e. The van der Waals surface area contributed by atoms with Crippen LogP contribution in [0.25, 0.3) is 0 Å². The van der Waals surface area contributed by atoms with Gasteiger partial charge in [0.1, 0.15) is 0 Å². The highest BCUT2D eigenvalue weighted by atomic mass is 16.3. The minimum absolute atomic E-state index is 0.311. The van der Waals surface area contributed by atoms with E-state index in [0.29, 0.717) is 0 Å². The molecule has 3 nitrogen and oxygen atoms in total. The molecule has 0 saturated heterocycles. The second kappa shape index (κ2) is 5.23. The Morgan fingerprint density at radius 1 is 1.29 bits per heavy atom. The van der Waals surface area contributed by atoms with Gasteiger partial charge in [-0.3, -0.25) is 0 Å². The molecule has 1 aromatic heterocycles. The standard InChI is InChI=1S/C14H26N2O/c1-6-9-16-10-7-8-12(16)11-15-13(2,3)14(4,5)17/h7-8,10,15,17H,6,9,11H2,1-5H3. The second-order valence-corrected chi connectivity index (χ2v) is 5.73. The highest BCUT2D eigenvalue weighted by Gasteiger charge is 2.34. The molecule has 0 fully saturated rings. The molecule has 17 heavy (non-hydrogen) atoms. The van der Waals surface area contributed by atoms with Crippen LogP contribution in [0.1, 0.15) is 46.7 Å². The van der Waals surface area contributed by atoms with Crippen LogP contribution in [0.3, 0.4) is 0 Å². The average molecular weight is 238 g/mol. The molecular formula is C14H26N2O. The molecule has 0 unspecified atom stereocenters. The summed E-state index contributed by atoms with van der Waals surface area (Å²) in [5.74, 6) is 0. The minimum atomic E-state index is -0.741. The van der Waals surface area contributed by atoms with E-state index in [1.54, 1.807) is 0 Å². The fourth-order valence-corrected chi connectivity index (χ4v) is 1.60. The topological polar surface area (TPSA) is 37.2 Å². The van der Waals surface area contributed by atoms with E-state index in [2.05, 4.69) is 35.1 Å². The first-order valence-corrected chi connectivity index (χ1v) is 6.39. The summed E-state index contributed by atoms with van der Waals surface area (Å²) in [5.41, 5.74) is 0.216. The molecule has 0 atom stereocenters. The number of aromatic nitrogens is 1. The van der Waals surface area contributed by atoms with Crippen molar-refractivity contribution in [1.29, 1.82) is 0 Å². The molecule has 0 bridgehead atoms. The van der Waals surface area contributed by atoms with Gasteiger partial charge in [-0.2, -0.15) is 0 Å². The van der Waals surface area contributed by atoms with Gasteiger partial charge in [-0.25, -0.2) is 0 Å². The summed E-state index contributed by atoms with van der Waals surface area (Å²) in [4.78, 5) is 0. The molecular weight excluding hydrogens is 212 g/mol. The number of nitrogens with one attached hydrogen (secondary N) is 1. The Kier molecular flexibility index (Phi) is 4.39. The average Bonchev–Trinajstić information content (AvgIpc) is 2.61. The van der Waals surface area contributed by atoms with Crippen molar-refractivity contribution in [2.75, 3.05) is 0 Å². The zero-order chi connectivity index (χ0) is 13.1. The number of aryl methyl sites for hydroxylation is 1. The Balaban J connectivity index is 2.64. The van der Waals surface area contributed by atoms with Crippen LogP contribution in [-0.2, 0) is 13.1 Å². The predicted molar refractivity (Wildman–Crippen MR) is 71.9 cm³/mol. The summed E-state index contributed by atoms with van der Waals surface area (Å²) in [6, 6.07) is 4.20. The molecule has 1 heterocycles. The maximum atomic E-state index is 10.1. The molecule has 98 valence electrons. The quantitative estimate of drug-likeness (QED) is 0.799. The summed E-state index contributed by atoms with van der Waals surface area (Å²) < 4.78 is 2.26. The van der Waals surface area contributed by atoms with E-state index in [1.165, 1.54) is 5.69 Å². The van der Waals surface area contributed by atoms with Gasteiger partial charge in [0.05, 0.1) is 5.60 Å². The Morgan fingerprint density at radius 2 is 1.94 bits per heavy atom. The maximum Gasteiger partial charge on any atom is 0.0767 e. The number of hydrogen-bond acceptors (Lipinski definition) is 2. The molecule has 0 aliphatic rings. The predicted octanol–water partition coefficient (Wildman–Crippen LogP) is 2.54. The highest BCUT2D eigenvalue weighted by Crippen LogP contribution is 2.21. The fourth-order valence-electron chi connectivity index (χ4n) is 1.60. The SMILES string of the molecule is CCCn1cccc1CNC(C)(C)C(C)(C)O. The van der Waals surface area contributed by atoms with Crippen LogP contribution in [-0.4, -0.2) is 20.8 Å². The van der Waals surface area contributed by atoms with Crippen molar-refractivity contribution in [2.45, 2.75) is 65.3 Å². The summed E-state index contributed by atoms with van der Waals surface area (Å²) in [6.07, 6.45) is 3.24. The van der Waals surface area contributed by atoms with Gasteiger partial charge in [0, 0.05) is 30.5 Å². The smallest absolute Gasteiger partial charge is 0.0767 e. The summed E-state index contributed by atoms with van der Waals surface area (Å²) in [7, 11) is 0. The highest BCUT2D eigenvalue weighted by molar-refractivity contribution is 5.08. The van der Waals surface area contributed by atoms with E-state index >= 15 is 0 Å². The lowest BCUT2D eigenvalue weighted by Crippen LogP contribution is -2.55. The van der Waals surface area contributed by atoms with E-state index in [1.807, 2.05) is 27.7 Å². The van der Waals surface area contributed by atoms with Crippen molar-refractivity contribution < 1.29 is 5.11 Å². The van der Waals surface area contributed by atoms with Crippen LogP contribution in [0.15, 0.2) is 18.3 Å². The summed E-state index contributed by atoms with van der Waals surface area (Å²) in [5, 5.41) is 13.5. The van der Waals surface area contributed by atoms with E-state index in [4.69, 9.17) is 0 Å². The molecule has 1 aromatic rings. The van der Waals surface area contributed by atoms with Crippen molar-refractivity contribution in [1.82, 2.24) is 9.88 Å². The lowest BCUT2D eigenvalue weighted by molar-refractivity contribution is -0.00557. The molecule has 3 heteroatoms. The van der Waals surface area contributed by atoms with E-state index in [-0.39, 0.29) is 5.54 Å². The van der Waals surface area contributed by atoms with Crippen LogP contribution in [0.2, 0.25) is 0 Å². The van der Waals surface area contributed by atoms with Crippen LogP contribution in [0.4, 0.5) is 0 Å². The normalized spacial score (nSPS) is 13.1. The van der Waals surface area contributed by atoms with Gasteiger partial charge in [-0.1, -0.05) is 6.92 Å². The largest absolute Gasteiger partial charge is 0.389 e. The molecule has 1 rings (SSSR count). The van der Waals surface area contributed by atoms with Crippen molar-refractivity contribution in [2.24, 2.45) is 0 Å². The zero-order valence-corrected chi connectivity index (χ0v) is 11.7. The van der Waals surface area contributed by atoms with Crippen LogP contribution < -0.4 is 5.32 Å². The Labute approximate surface area is 105 Å². The number of hydrogen-bond donors (Lipinski definition) is 2. The summed E-state index contributed by atoms with van der Waals surface area (Å²) in [6.45, 7) is 11.7. The van der Waals surface area contributed by atoms with Crippen LogP contribution in [0, 0.1) is 0 Å². The molecule has 0 amide bonds. The van der Waals surface area contributed by atoms with Crippen molar-refractivity contribution >= 4 is 0 Å². The zero-order valence-electron chi connectivity index (χ0n) is 11.7. The van der Waals surface area contributed by atoms with Gasteiger partial charge in [0.2, 0.25) is 0 Å². The van der Waals surface area contributed by atoms with Crippen molar-refractivity contribution in [3.63, 3.8) is 0 Å². The van der Waals surface area contributed by atoms with E-state index in [0.717, 1.165) is 19.5 Å². The molecule has 0 aliphatic carbocycles. The molecule has 0 spiro atoms. The van der Waals surface area contributed by atoms with Crippen molar-refractivity contribution in [3.05, 3.63) is 24.0 Å². The number of aliphatic hydroxyl groups is 1. The van der Waals surface area contributed by atoms with E-state index in [9.17, 15) is 5.11 Å². The van der Waals surface area contributed by atoms with Gasteiger partial charge in [-0.05, 0) is 46.2 Å². The lowest BCUT2D eigenvalue weighted by atomic mass is 9.86. The third kappa shape index (κ3) is 3.58. The van der Waals surface area contributed by atoms with E-state index < -0.39 is 5.60 Å². The van der Waals surface area contributed by atoms with Gasteiger partial charge < -0.3 is 15.0 Å². The first-order valence-electron chi connectivity index (χ1n) is 6.39. The van der Waals surface area contributed by atoms with Crippen molar-refractivity contribution in [3.8, 4) is 0 Å². The number of rotatable bonds is 6. The van der Waals surface area contributed by atoms with Crippen LogP contribution >= 0.6 is 0 Å². The second-order valence-electron chi connectivity index (χ2n) is 5.73. The van der Waals surface area contributed by atoms with Gasteiger partial charge >= 0.3 is 0 Å². The molecule has 0 aromatic carbocycles. The number of nitrogens with zero attached hydrogens (tertiary/aromatic N) is 1. The fraction of sp³-hybridized carbons (Fsp3) is 0.714. The molecule has 0 radical (unpaired) electrons. The van der Waals surface area contributed by atoms with Gasteiger partial charge in [0.25, 0.3) is 0 Å². The van der Waals surface area contributed by atoms with Gasteiger partial charge in [-0.15, -0.1) is 0 Å². The molecule has 2 N–H and O–H groups in total. The monoisotopic (exact) mass is 238 g/mol. The first kappa shape index (κ1) is 14.3. The first-order chi connectivity index (χ1) is 7.78. The Bertz CT molecular complexity index is 347. The third-order valence-corrected chi connectivity index (χ3v) is 3.63. The Hall–Kier alpha value is -0.800. The Morgan fingerprint density at radius 3 is 2.47 bits per heavy atom.